The number of rotatable bonds is 2. The number of hydrogen-bond acceptors (Lipinski definition) is 2. The van der Waals surface area contributed by atoms with Gasteiger partial charge in [0.1, 0.15) is 23.5 Å². The number of nitriles is 2. The molecule has 5 heteroatoms. The molecule has 0 unspecified atom stereocenters. The molecule has 2 rings (SSSR count). The van der Waals surface area contributed by atoms with Crippen LogP contribution in [0, 0.1) is 28.5 Å². The van der Waals surface area contributed by atoms with Gasteiger partial charge in [-0.3, -0.25) is 0 Å². The van der Waals surface area contributed by atoms with E-state index in [0.29, 0.717) is 21.2 Å². The van der Waals surface area contributed by atoms with Crippen LogP contribution in [0.4, 0.5) is 4.39 Å². The summed E-state index contributed by atoms with van der Waals surface area (Å²) in [4.78, 5) is 0. The predicted molar refractivity (Wildman–Crippen MR) is 81.1 cm³/mol. The second-order valence-electron chi connectivity index (χ2n) is 4.18. The first-order chi connectivity index (χ1) is 10.0. The van der Waals surface area contributed by atoms with E-state index in [4.69, 9.17) is 33.7 Å². The Balaban J connectivity index is 2.47. The molecule has 0 aliphatic carbocycles. The van der Waals surface area contributed by atoms with Crippen molar-refractivity contribution >= 4 is 29.3 Å². The van der Waals surface area contributed by atoms with Gasteiger partial charge in [0.25, 0.3) is 0 Å². The quantitative estimate of drug-likeness (QED) is 0.712. The van der Waals surface area contributed by atoms with Crippen LogP contribution in [0.1, 0.15) is 5.56 Å². The SMILES string of the molecule is N#CC(C#N)=Cc1ccc(-c2cc(Cl)cc(Cl)c2)cc1F. The Morgan fingerprint density at radius 3 is 2.10 bits per heavy atom. The summed E-state index contributed by atoms with van der Waals surface area (Å²) in [5.41, 5.74) is 1.30. The number of halogens is 3. The smallest absolute Gasteiger partial charge is 0.131 e. The summed E-state index contributed by atoms with van der Waals surface area (Å²) in [5.74, 6) is -0.536. The summed E-state index contributed by atoms with van der Waals surface area (Å²) in [7, 11) is 0. The first-order valence-electron chi connectivity index (χ1n) is 5.81. The normalized spacial score (nSPS) is 9.57. The van der Waals surface area contributed by atoms with Crippen molar-refractivity contribution in [3.8, 4) is 23.3 Å². The van der Waals surface area contributed by atoms with Crippen LogP contribution in [0.5, 0.6) is 0 Å². The van der Waals surface area contributed by atoms with Crippen LogP contribution < -0.4 is 0 Å². The zero-order valence-electron chi connectivity index (χ0n) is 10.6. The average Bonchev–Trinajstić information content (AvgIpc) is 2.45. The molecular weight excluding hydrogens is 310 g/mol. The zero-order chi connectivity index (χ0) is 15.4. The van der Waals surface area contributed by atoms with Crippen LogP contribution >= 0.6 is 23.2 Å². The van der Waals surface area contributed by atoms with E-state index >= 15 is 0 Å². The first kappa shape index (κ1) is 15.1. The highest BCUT2D eigenvalue weighted by Gasteiger charge is 2.06. The minimum atomic E-state index is -0.536. The highest BCUT2D eigenvalue weighted by atomic mass is 35.5. The first-order valence-corrected chi connectivity index (χ1v) is 6.57. The molecule has 0 fully saturated rings. The lowest BCUT2D eigenvalue weighted by atomic mass is 10.0. The van der Waals surface area contributed by atoms with Gasteiger partial charge in [0, 0.05) is 15.6 Å². The second kappa shape index (κ2) is 6.41. The van der Waals surface area contributed by atoms with Gasteiger partial charge in [-0.15, -0.1) is 0 Å². The predicted octanol–water partition coefficient (Wildman–Crippen LogP) is 5.23. The Bertz CT molecular complexity index is 778. The molecule has 0 N–H and O–H groups in total. The van der Waals surface area contributed by atoms with E-state index in [1.165, 1.54) is 18.2 Å². The molecule has 0 bridgehead atoms. The Labute approximate surface area is 131 Å². The maximum absolute atomic E-state index is 14.0. The summed E-state index contributed by atoms with van der Waals surface area (Å²) in [6.07, 6.45) is 1.20. The molecular formula is C16H7Cl2FN2. The van der Waals surface area contributed by atoms with Gasteiger partial charge in [-0.2, -0.15) is 10.5 Å². The molecule has 0 aliphatic heterocycles. The molecule has 0 radical (unpaired) electrons. The van der Waals surface area contributed by atoms with Gasteiger partial charge in [-0.1, -0.05) is 35.3 Å². The average molecular weight is 317 g/mol. The molecule has 0 saturated carbocycles. The van der Waals surface area contributed by atoms with E-state index in [1.807, 2.05) is 0 Å². The van der Waals surface area contributed by atoms with Crippen molar-refractivity contribution in [2.45, 2.75) is 0 Å². The summed E-state index contributed by atoms with van der Waals surface area (Å²) in [5, 5.41) is 18.3. The molecule has 0 aliphatic rings. The number of hydrogen-bond donors (Lipinski definition) is 0. The highest BCUT2D eigenvalue weighted by Crippen LogP contribution is 2.28. The topological polar surface area (TPSA) is 47.6 Å². The largest absolute Gasteiger partial charge is 0.206 e. The number of benzene rings is 2. The molecule has 102 valence electrons. The number of nitrogens with zero attached hydrogens (tertiary/aromatic N) is 2. The van der Waals surface area contributed by atoms with Crippen molar-refractivity contribution in [2.24, 2.45) is 0 Å². The number of allylic oxidation sites excluding steroid dienone is 1. The third-order valence-electron chi connectivity index (χ3n) is 2.74. The van der Waals surface area contributed by atoms with Crippen LogP contribution in [0.15, 0.2) is 42.0 Å². The van der Waals surface area contributed by atoms with Gasteiger partial charge >= 0.3 is 0 Å². The summed E-state index contributed by atoms with van der Waals surface area (Å²) in [6, 6.07) is 12.8. The summed E-state index contributed by atoms with van der Waals surface area (Å²) >= 11 is 11.8. The van der Waals surface area contributed by atoms with Crippen LogP contribution in [-0.4, -0.2) is 0 Å². The lowest BCUT2D eigenvalue weighted by molar-refractivity contribution is 0.625. The fourth-order valence-corrected chi connectivity index (χ4v) is 2.32. The minimum Gasteiger partial charge on any atom is -0.206 e. The maximum atomic E-state index is 14.0. The summed E-state index contributed by atoms with van der Waals surface area (Å²) in [6.45, 7) is 0. The van der Waals surface area contributed by atoms with Gasteiger partial charge in [0.15, 0.2) is 0 Å². The molecule has 0 amide bonds. The van der Waals surface area contributed by atoms with Crippen molar-refractivity contribution in [3.63, 3.8) is 0 Å². The Morgan fingerprint density at radius 2 is 1.57 bits per heavy atom. The third-order valence-corrected chi connectivity index (χ3v) is 3.17. The molecule has 2 aromatic rings. The van der Waals surface area contributed by atoms with E-state index < -0.39 is 5.82 Å². The van der Waals surface area contributed by atoms with E-state index in [1.54, 1.807) is 36.4 Å². The van der Waals surface area contributed by atoms with Crippen molar-refractivity contribution in [1.82, 2.24) is 0 Å². The molecule has 2 aromatic carbocycles. The fourth-order valence-electron chi connectivity index (χ4n) is 1.79. The van der Waals surface area contributed by atoms with Gasteiger partial charge in [0.05, 0.1) is 0 Å². The van der Waals surface area contributed by atoms with Gasteiger partial charge in [-0.05, 0) is 41.5 Å². The maximum Gasteiger partial charge on any atom is 0.131 e. The molecule has 0 saturated heterocycles. The summed E-state index contributed by atoms with van der Waals surface area (Å²) < 4.78 is 14.0. The molecule has 0 spiro atoms. The van der Waals surface area contributed by atoms with Crippen molar-refractivity contribution in [3.05, 3.63) is 63.4 Å². The molecule has 2 nitrogen and oxygen atoms in total. The van der Waals surface area contributed by atoms with Gasteiger partial charge in [0.2, 0.25) is 0 Å². The Morgan fingerprint density at radius 1 is 0.952 bits per heavy atom. The van der Waals surface area contributed by atoms with Crippen LogP contribution in [0.3, 0.4) is 0 Å². The zero-order valence-corrected chi connectivity index (χ0v) is 12.1. The third kappa shape index (κ3) is 3.61. The fraction of sp³-hybridized carbons (Fsp3) is 0. The Kier molecular flexibility index (Phi) is 4.60. The molecule has 21 heavy (non-hydrogen) atoms. The van der Waals surface area contributed by atoms with Gasteiger partial charge in [-0.25, -0.2) is 4.39 Å². The van der Waals surface area contributed by atoms with Crippen molar-refractivity contribution in [2.75, 3.05) is 0 Å². The van der Waals surface area contributed by atoms with Crippen molar-refractivity contribution in [1.29, 1.82) is 10.5 Å². The van der Waals surface area contributed by atoms with E-state index in [9.17, 15) is 4.39 Å². The lowest BCUT2D eigenvalue weighted by Crippen LogP contribution is -1.86. The van der Waals surface area contributed by atoms with Crippen molar-refractivity contribution < 1.29 is 4.39 Å². The molecule has 0 aromatic heterocycles. The van der Waals surface area contributed by atoms with Crippen LogP contribution in [-0.2, 0) is 0 Å². The second-order valence-corrected chi connectivity index (χ2v) is 5.05. The highest BCUT2D eigenvalue weighted by molar-refractivity contribution is 6.35. The standard InChI is InChI=1S/C16H7Cl2FN2/c17-14-4-13(5-15(18)7-14)11-1-2-12(16(19)6-11)3-10(8-20)9-21/h1-7H. The molecule has 0 heterocycles. The van der Waals surface area contributed by atoms with Gasteiger partial charge < -0.3 is 0 Å². The Hall–Kier alpha value is -2.33. The lowest BCUT2D eigenvalue weighted by Gasteiger charge is -2.05. The van der Waals surface area contributed by atoms with Crippen LogP contribution in [0.25, 0.3) is 17.2 Å². The van der Waals surface area contributed by atoms with E-state index in [2.05, 4.69) is 0 Å². The monoisotopic (exact) mass is 316 g/mol. The van der Waals surface area contributed by atoms with E-state index in [0.717, 1.165) is 0 Å². The van der Waals surface area contributed by atoms with Crippen LogP contribution in [0.2, 0.25) is 10.0 Å². The minimum absolute atomic E-state index is 0.160. The molecule has 0 atom stereocenters. The van der Waals surface area contributed by atoms with E-state index in [-0.39, 0.29) is 11.1 Å².